The maximum atomic E-state index is 13.1. The largest absolute Gasteiger partial charge is 0.497 e. The third-order valence-corrected chi connectivity index (χ3v) is 4.58. The van der Waals surface area contributed by atoms with Crippen LogP contribution in [0.1, 0.15) is 22.0 Å². The highest BCUT2D eigenvalue weighted by Crippen LogP contribution is 2.17. The van der Waals surface area contributed by atoms with Gasteiger partial charge in [0.1, 0.15) is 5.75 Å². The fraction of sp³-hybridized carbons (Fsp3) is 0.136. The molecule has 0 spiro atoms. The summed E-state index contributed by atoms with van der Waals surface area (Å²) in [4.78, 5) is 38.4. The van der Waals surface area contributed by atoms with E-state index in [1.165, 1.54) is 18.3 Å². The maximum Gasteiger partial charge on any atom is 0.251 e. The molecule has 29 heavy (non-hydrogen) atoms. The van der Waals surface area contributed by atoms with E-state index in [1.807, 2.05) is 0 Å². The Balaban J connectivity index is 1.89. The van der Waals surface area contributed by atoms with Gasteiger partial charge in [0.2, 0.25) is 0 Å². The number of ketones is 1. The van der Waals surface area contributed by atoms with Crippen molar-refractivity contribution in [1.29, 1.82) is 0 Å². The van der Waals surface area contributed by atoms with Crippen molar-refractivity contribution in [2.24, 2.45) is 0 Å². The number of hydrogen-bond donors (Lipinski definition) is 1. The van der Waals surface area contributed by atoms with Crippen LogP contribution in [-0.4, -0.2) is 23.4 Å². The fourth-order valence-electron chi connectivity index (χ4n) is 2.84. The number of carbonyl (C=O) groups excluding carboxylic acids is 2. The summed E-state index contributed by atoms with van der Waals surface area (Å²) in [6.45, 7) is 0.191. The van der Waals surface area contributed by atoms with Gasteiger partial charge in [0.15, 0.2) is 11.8 Å². The predicted molar refractivity (Wildman–Crippen MR) is 110 cm³/mol. The smallest absolute Gasteiger partial charge is 0.251 e. The second-order valence-electron chi connectivity index (χ2n) is 6.29. The van der Waals surface area contributed by atoms with Crippen molar-refractivity contribution in [1.82, 2.24) is 9.88 Å². The molecule has 0 radical (unpaired) electrons. The Morgan fingerprint density at radius 1 is 1.03 bits per heavy atom. The fourth-order valence-corrected chi connectivity index (χ4v) is 3.01. The van der Waals surface area contributed by atoms with Crippen LogP contribution >= 0.6 is 11.6 Å². The number of methoxy groups -OCH3 is 1. The Bertz CT molecular complexity index is 1060. The summed E-state index contributed by atoms with van der Waals surface area (Å²) in [6.07, 6.45) is 1.29. The Hall–Kier alpha value is -3.38. The van der Waals surface area contributed by atoms with Crippen molar-refractivity contribution in [3.05, 3.63) is 99.4 Å². The van der Waals surface area contributed by atoms with Gasteiger partial charge in [-0.15, -0.1) is 0 Å². The van der Waals surface area contributed by atoms with Crippen molar-refractivity contribution >= 4 is 23.3 Å². The molecule has 0 aliphatic heterocycles. The van der Waals surface area contributed by atoms with Crippen LogP contribution < -0.4 is 15.6 Å². The van der Waals surface area contributed by atoms with Gasteiger partial charge in [-0.1, -0.05) is 54.1 Å². The Kier molecular flexibility index (Phi) is 6.46. The van der Waals surface area contributed by atoms with Crippen LogP contribution in [0.3, 0.4) is 0 Å². The molecule has 1 aromatic heterocycles. The molecule has 0 bridgehead atoms. The summed E-state index contributed by atoms with van der Waals surface area (Å²) in [5.41, 5.74) is 0.649. The van der Waals surface area contributed by atoms with Gasteiger partial charge in [-0.25, -0.2) is 0 Å². The van der Waals surface area contributed by atoms with Gasteiger partial charge in [0.25, 0.3) is 11.5 Å². The zero-order valence-corrected chi connectivity index (χ0v) is 16.4. The van der Waals surface area contributed by atoms with Gasteiger partial charge < -0.3 is 10.1 Å². The van der Waals surface area contributed by atoms with E-state index < -0.39 is 23.3 Å². The molecule has 0 saturated heterocycles. The number of carbonyl (C=O) groups is 2. The minimum Gasteiger partial charge on any atom is -0.497 e. The van der Waals surface area contributed by atoms with Crippen molar-refractivity contribution < 1.29 is 14.3 Å². The van der Waals surface area contributed by atoms with Crippen molar-refractivity contribution in [3.63, 3.8) is 0 Å². The van der Waals surface area contributed by atoms with Crippen LogP contribution in [0.15, 0.2) is 77.7 Å². The minimum absolute atomic E-state index is 0.191. The van der Waals surface area contributed by atoms with E-state index in [0.717, 1.165) is 10.1 Å². The lowest BCUT2D eigenvalue weighted by Crippen LogP contribution is -2.41. The topological polar surface area (TPSA) is 77.4 Å². The van der Waals surface area contributed by atoms with E-state index >= 15 is 0 Å². The lowest BCUT2D eigenvalue weighted by atomic mass is 10.0. The van der Waals surface area contributed by atoms with Crippen LogP contribution in [0.5, 0.6) is 5.75 Å². The van der Waals surface area contributed by atoms with Crippen molar-refractivity contribution in [3.8, 4) is 5.75 Å². The normalized spacial score (nSPS) is 11.5. The molecule has 7 heteroatoms. The van der Waals surface area contributed by atoms with Gasteiger partial charge in [0, 0.05) is 24.4 Å². The molecular weight excluding hydrogens is 392 g/mol. The molecule has 148 valence electrons. The quantitative estimate of drug-likeness (QED) is 0.479. The summed E-state index contributed by atoms with van der Waals surface area (Å²) in [7, 11) is 1.57. The van der Waals surface area contributed by atoms with Crippen molar-refractivity contribution in [2.45, 2.75) is 12.6 Å². The van der Waals surface area contributed by atoms with Crippen LogP contribution in [0.4, 0.5) is 0 Å². The lowest BCUT2D eigenvalue weighted by Gasteiger charge is -2.19. The molecule has 6 nitrogen and oxygen atoms in total. The standard InChI is InChI=1S/C22H19ClN2O4/c1-29-18-10-7-15(8-11-18)13-24-22(28)20(21(27)16-5-3-2-4-6-16)25-14-17(23)9-12-19(25)26/h2-12,14,20H,13H2,1H3,(H,24,28)/t20-/m1/s1. The molecule has 1 atom stereocenters. The highest BCUT2D eigenvalue weighted by atomic mass is 35.5. The third-order valence-electron chi connectivity index (χ3n) is 4.36. The van der Waals surface area contributed by atoms with Crippen LogP contribution in [0, 0.1) is 0 Å². The summed E-state index contributed by atoms with van der Waals surface area (Å²) in [6, 6.07) is 16.8. The number of aromatic nitrogens is 1. The molecule has 1 amide bonds. The number of nitrogens with zero attached hydrogens (tertiary/aromatic N) is 1. The molecule has 2 aromatic carbocycles. The highest BCUT2D eigenvalue weighted by Gasteiger charge is 2.30. The first-order chi connectivity index (χ1) is 14.0. The number of halogens is 1. The Morgan fingerprint density at radius 2 is 1.72 bits per heavy atom. The second kappa shape index (κ2) is 9.21. The first kappa shape index (κ1) is 20.4. The summed E-state index contributed by atoms with van der Waals surface area (Å²) >= 11 is 6.00. The van der Waals surface area contributed by atoms with Gasteiger partial charge >= 0.3 is 0 Å². The number of pyridine rings is 1. The molecule has 3 rings (SSSR count). The molecule has 1 heterocycles. The average Bonchev–Trinajstić information content (AvgIpc) is 2.75. The van der Waals surface area contributed by atoms with E-state index in [2.05, 4.69) is 5.32 Å². The molecule has 0 fully saturated rings. The second-order valence-corrected chi connectivity index (χ2v) is 6.73. The molecule has 3 aromatic rings. The van der Waals surface area contributed by atoms with Gasteiger partial charge in [-0.3, -0.25) is 19.0 Å². The van der Waals surface area contributed by atoms with Crippen LogP contribution in [0.2, 0.25) is 5.02 Å². The summed E-state index contributed by atoms with van der Waals surface area (Å²) in [5.74, 6) is -0.399. The number of rotatable bonds is 7. The molecule has 0 unspecified atom stereocenters. The average molecular weight is 411 g/mol. The zero-order valence-electron chi connectivity index (χ0n) is 15.7. The number of ether oxygens (including phenoxy) is 1. The SMILES string of the molecule is COc1ccc(CNC(=O)[C@@H](C(=O)c2ccccc2)n2cc(Cl)ccc2=O)cc1. The number of Topliss-reactive ketones (excluding diaryl/α,β-unsaturated/α-hetero) is 1. The monoisotopic (exact) mass is 410 g/mol. The molecule has 0 saturated carbocycles. The van der Waals surface area contributed by atoms with Crippen molar-refractivity contribution in [2.75, 3.05) is 7.11 Å². The van der Waals surface area contributed by atoms with Gasteiger partial charge in [-0.2, -0.15) is 0 Å². The molecular formula is C22H19ClN2O4. The van der Waals surface area contributed by atoms with E-state index in [1.54, 1.807) is 61.7 Å². The minimum atomic E-state index is -1.37. The van der Waals surface area contributed by atoms with Crippen LogP contribution in [0.25, 0.3) is 0 Å². The van der Waals surface area contributed by atoms with Gasteiger partial charge in [-0.05, 0) is 23.8 Å². The summed E-state index contributed by atoms with van der Waals surface area (Å²) < 4.78 is 6.17. The maximum absolute atomic E-state index is 13.1. The van der Waals surface area contributed by atoms with E-state index in [0.29, 0.717) is 11.3 Å². The number of nitrogens with one attached hydrogen (secondary N) is 1. The number of amides is 1. The highest BCUT2D eigenvalue weighted by molar-refractivity contribution is 6.30. The molecule has 1 N–H and O–H groups in total. The third kappa shape index (κ3) is 4.92. The van der Waals surface area contributed by atoms with E-state index in [4.69, 9.17) is 16.3 Å². The Morgan fingerprint density at radius 3 is 2.38 bits per heavy atom. The van der Waals surface area contributed by atoms with E-state index in [-0.39, 0.29) is 11.6 Å². The predicted octanol–water partition coefficient (Wildman–Crippen LogP) is 3.25. The summed E-state index contributed by atoms with van der Waals surface area (Å²) in [5, 5.41) is 2.98. The van der Waals surface area contributed by atoms with Gasteiger partial charge in [0.05, 0.1) is 12.1 Å². The van der Waals surface area contributed by atoms with E-state index in [9.17, 15) is 14.4 Å². The Labute approximate surface area is 172 Å². The lowest BCUT2D eigenvalue weighted by molar-refractivity contribution is -0.123. The molecule has 0 aliphatic rings. The first-order valence-electron chi connectivity index (χ1n) is 8.87. The first-order valence-corrected chi connectivity index (χ1v) is 9.25. The molecule has 0 aliphatic carbocycles. The zero-order chi connectivity index (χ0) is 20.8. The number of hydrogen-bond acceptors (Lipinski definition) is 4. The van der Waals surface area contributed by atoms with Crippen LogP contribution in [-0.2, 0) is 11.3 Å². The number of benzene rings is 2.